The Kier molecular flexibility index (Phi) is 1.12. The van der Waals surface area contributed by atoms with Gasteiger partial charge in [-0.2, -0.15) is 0 Å². The van der Waals surface area contributed by atoms with E-state index >= 15 is 0 Å². The first kappa shape index (κ1) is 5.76. The summed E-state index contributed by atoms with van der Waals surface area (Å²) in [6, 6.07) is 0. The van der Waals surface area contributed by atoms with Crippen LogP contribution >= 0.6 is 0 Å². The van der Waals surface area contributed by atoms with Gasteiger partial charge in [-0.25, -0.2) is 0 Å². The van der Waals surface area contributed by atoms with Gasteiger partial charge in [-0.05, 0) is 30.6 Å². The first-order valence-electron chi connectivity index (χ1n) is 4.37. The van der Waals surface area contributed by atoms with E-state index < -0.39 is 0 Å². The molecule has 1 atom stereocenters. The predicted molar refractivity (Wildman–Crippen MR) is 39.3 cm³/mol. The van der Waals surface area contributed by atoms with Crippen molar-refractivity contribution in [2.45, 2.75) is 45.4 Å². The highest BCUT2D eigenvalue weighted by Crippen LogP contribution is 2.66. The minimum absolute atomic E-state index is 0.940. The van der Waals surface area contributed by atoms with Gasteiger partial charge in [0.2, 0.25) is 0 Å². The van der Waals surface area contributed by atoms with E-state index in [2.05, 4.69) is 6.92 Å². The van der Waals surface area contributed by atoms with Gasteiger partial charge in [0.05, 0.1) is 0 Å². The first-order chi connectivity index (χ1) is 4.37. The SMILES string of the molecule is CCCC1CC12CCC2. The van der Waals surface area contributed by atoms with E-state index in [0.717, 1.165) is 11.3 Å². The van der Waals surface area contributed by atoms with Crippen LogP contribution in [-0.4, -0.2) is 0 Å². The summed E-state index contributed by atoms with van der Waals surface area (Å²) in [5, 5.41) is 0. The van der Waals surface area contributed by atoms with Crippen molar-refractivity contribution in [1.82, 2.24) is 0 Å². The van der Waals surface area contributed by atoms with Crippen molar-refractivity contribution < 1.29 is 0 Å². The second kappa shape index (κ2) is 1.74. The summed E-state index contributed by atoms with van der Waals surface area (Å²) in [6.07, 6.45) is 9.17. The fourth-order valence-electron chi connectivity index (χ4n) is 2.43. The molecule has 2 aliphatic rings. The van der Waals surface area contributed by atoms with E-state index in [4.69, 9.17) is 0 Å². The van der Waals surface area contributed by atoms with E-state index in [1.165, 1.54) is 19.3 Å². The third-order valence-corrected chi connectivity index (χ3v) is 3.35. The van der Waals surface area contributed by atoms with Gasteiger partial charge in [0.25, 0.3) is 0 Å². The maximum Gasteiger partial charge on any atom is -0.0266 e. The summed E-state index contributed by atoms with van der Waals surface area (Å²) >= 11 is 0. The van der Waals surface area contributed by atoms with Crippen LogP contribution in [0.2, 0.25) is 0 Å². The molecular weight excluding hydrogens is 108 g/mol. The molecule has 2 saturated carbocycles. The highest BCUT2D eigenvalue weighted by molar-refractivity contribution is 5.06. The van der Waals surface area contributed by atoms with Crippen LogP contribution in [0.15, 0.2) is 0 Å². The molecule has 0 saturated heterocycles. The smallest absolute Gasteiger partial charge is 0.0266 e. The van der Waals surface area contributed by atoms with Crippen molar-refractivity contribution in [3.8, 4) is 0 Å². The molecule has 2 fully saturated rings. The van der Waals surface area contributed by atoms with Crippen LogP contribution in [0.25, 0.3) is 0 Å². The molecule has 0 aromatic rings. The molecule has 1 unspecified atom stereocenters. The summed E-state index contributed by atoms with van der Waals surface area (Å²) < 4.78 is 0. The summed E-state index contributed by atoms with van der Waals surface area (Å²) in [4.78, 5) is 0. The quantitative estimate of drug-likeness (QED) is 0.531. The van der Waals surface area contributed by atoms with E-state index in [1.54, 1.807) is 19.3 Å². The Morgan fingerprint density at radius 1 is 1.44 bits per heavy atom. The van der Waals surface area contributed by atoms with Crippen LogP contribution in [0.5, 0.6) is 0 Å². The fraction of sp³-hybridized carbons (Fsp3) is 1.00. The minimum Gasteiger partial charge on any atom is -0.0654 e. The van der Waals surface area contributed by atoms with Crippen molar-refractivity contribution in [2.75, 3.05) is 0 Å². The first-order valence-corrected chi connectivity index (χ1v) is 4.37. The van der Waals surface area contributed by atoms with E-state index in [1.807, 2.05) is 0 Å². The molecule has 52 valence electrons. The number of rotatable bonds is 2. The summed E-state index contributed by atoms with van der Waals surface area (Å²) in [5.74, 6) is 1.16. The second-order valence-corrected chi connectivity index (χ2v) is 3.91. The normalized spacial score (nSPS) is 36.3. The molecule has 9 heavy (non-hydrogen) atoms. The van der Waals surface area contributed by atoms with Crippen LogP contribution in [-0.2, 0) is 0 Å². The van der Waals surface area contributed by atoms with Gasteiger partial charge in [-0.3, -0.25) is 0 Å². The molecule has 0 bridgehead atoms. The standard InChI is InChI=1S/C9H16/c1-2-4-8-7-9(8)5-3-6-9/h8H,2-7H2,1H3. The van der Waals surface area contributed by atoms with Crippen LogP contribution in [0.4, 0.5) is 0 Å². The van der Waals surface area contributed by atoms with Crippen LogP contribution in [0, 0.1) is 11.3 Å². The molecule has 0 heterocycles. The van der Waals surface area contributed by atoms with Crippen LogP contribution in [0.1, 0.15) is 45.4 Å². The molecule has 2 rings (SSSR count). The monoisotopic (exact) mass is 124 g/mol. The van der Waals surface area contributed by atoms with Gasteiger partial charge in [0.15, 0.2) is 0 Å². The molecule has 0 nitrogen and oxygen atoms in total. The summed E-state index contributed by atoms with van der Waals surface area (Å²) in [6.45, 7) is 2.31. The molecule has 0 radical (unpaired) electrons. The molecule has 0 amide bonds. The largest absolute Gasteiger partial charge is 0.0654 e. The van der Waals surface area contributed by atoms with Gasteiger partial charge in [-0.1, -0.05) is 26.2 Å². The highest BCUT2D eigenvalue weighted by atomic mass is 14.6. The number of hydrogen-bond donors (Lipinski definition) is 0. The minimum atomic E-state index is 0.940. The Balaban J connectivity index is 1.80. The van der Waals surface area contributed by atoms with E-state index in [0.29, 0.717) is 0 Å². The second-order valence-electron chi connectivity index (χ2n) is 3.91. The Morgan fingerprint density at radius 3 is 2.56 bits per heavy atom. The van der Waals surface area contributed by atoms with Crippen LogP contribution in [0.3, 0.4) is 0 Å². The molecule has 0 aliphatic heterocycles. The fourth-order valence-corrected chi connectivity index (χ4v) is 2.43. The molecule has 0 aromatic carbocycles. The average Bonchev–Trinajstić information content (AvgIpc) is 2.41. The van der Waals surface area contributed by atoms with Gasteiger partial charge in [-0.15, -0.1) is 0 Å². The van der Waals surface area contributed by atoms with Crippen molar-refractivity contribution in [3.05, 3.63) is 0 Å². The lowest BCUT2D eigenvalue weighted by atomic mass is 9.79. The molecule has 1 spiro atoms. The Hall–Kier alpha value is 0. The van der Waals surface area contributed by atoms with Crippen molar-refractivity contribution in [3.63, 3.8) is 0 Å². The van der Waals surface area contributed by atoms with Gasteiger partial charge >= 0.3 is 0 Å². The molecule has 0 N–H and O–H groups in total. The topological polar surface area (TPSA) is 0 Å². The van der Waals surface area contributed by atoms with Crippen molar-refractivity contribution >= 4 is 0 Å². The van der Waals surface area contributed by atoms with Crippen LogP contribution < -0.4 is 0 Å². The van der Waals surface area contributed by atoms with Gasteiger partial charge in [0.1, 0.15) is 0 Å². The van der Waals surface area contributed by atoms with E-state index in [9.17, 15) is 0 Å². The maximum atomic E-state index is 2.31. The van der Waals surface area contributed by atoms with Gasteiger partial charge < -0.3 is 0 Å². The predicted octanol–water partition coefficient (Wildman–Crippen LogP) is 2.98. The zero-order valence-electron chi connectivity index (χ0n) is 6.32. The summed E-state index contributed by atoms with van der Waals surface area (Å²) in [5.41, 5.74) is 0.940. The Labute approximate surface area is 57.6 Å². The lowest BCUT2D eigenvalue weighted by Gasteiger charge is -2.26. The third-order valence-electron chi connectivity index (χ3n) is 3.35. The lowest BCUT2D eigenvalue weighted by molar-refractivity contribution is 0.253. The van der Waals surface area contributed by atoms with Crippen molar-refractivity contribution in [2.24, 2.45) is 11.3 Å². The number of hydrogen-bond acceptors (Lipinski definition) is 0. The molecule has 0 aromatic heterocycles. The van der Waals surface area contributed by atoms with Gasteiger partial charge in [0, 0.05) is 0 Å². The Bertz CT molecular complexity index is 109. The lowest BCUT2D eigenvalue weighted by Crippen LogP contribution is -2.14. The Morgan fingerprint density at radius 2 is 2.22 bits per heavy atom. The zero-order chi connectivity index (χ0) is 6.32. The zero-order valence-corrected chi connectivity index (χ0v) is 6.32. The van der Waals surface area contributed by atoms with Crippen molar-refractivity contribution in [1.29, 1.82) is 0 Å². The molecule has 0 heteroatoms. The summed E-state index contributed by atoms with van der Waals surface area (Å²) in [7, 11) is 0. The average molecular weight is 124 g/mol. The molecule has 2 aliphatic carbocycles. The molecular formula is C9H16. The maximum absolute atomic E-state index is 2.31. The highest BCUT2D eigenvalue weighted by Gasteiger charge is 2.56. The third kappa shape index (κ3) is 0.720. The van der Waals surface area contributed by atoms with E-state index in [-0.39, 0.29) is 0 Å².